The van der Waals surface area contributed by atoms with Crippen molar-refractivity contribution in [1.82, 2.24) is 20.1 Å². The van der Waals surface area contributed by atoms with Crippen molar-refractivity contribution in [3.63, 3.8) is 0 Å². The average Bonchev–Trinajstić information content (AvgIpc) is 3.23. The second-order valence-corrected chi connectivity index (χ2v) is 8.32. The minimum absolute atomic E-state index is 0.0623. The Labute approximate surface area is 188 Å². The molecule has 1 aliphatic rings. The molecule has 31 heavy (non-hydrogen) atoms. The zero-order valence-electron chi connectivity index (χ0n) is 16.7. The maximum Gasteiger partial charge on any atom is 0.166 e. The monoisotopic (exact) mass is 465 g/mol. The number of piperidine rings is 1. The zero-order valence-corrected chi connectivity index (χ0v) is 18.2. The molecule has 3 atom stereocenters. The summed E-state index contributed by atoms with van der Waals surface area (Å²) >= 11 is 12.3. The van der Waals surface area contributed by atoms with E-state index in [1.54, 1.807) is 25.4 Å². The highest BCUT2D eigenvalue weighted by Gasteiger charge is 2.23. The van der Waals surface area contributed by atoms with E-state index >= 15 is 0 Å². The Morgan fingerprint density at radius 2 is 2.10 bits per heavy atom. The summed E-state index contributed by atoms with van der Waals surface area (Å²) in [5.41, 5.74) is 7.92. The summed E-state index contributed by atoms with van der Waals surface area (Å²) in [4.78, 5) is 4.22. The van der Waals surface area contributed by atoms with E-state index in [-0.39, 0.29) is 16.9 Å². The van der Waals surface area contributed by atoms with E-state index < -0.39 is 18.0 Å². The largest absolute Gasteiger partial charge is 0.482 e. The minimum Gasteiger partial charge on any atom is -0.482 e. The molecule has 1 aliphatic heterocycles. The van der Waals surface area contributed by atoms with Crippen LogP contribution >= 0.6 is 23.2 Å². The van der Waals surface area contributed by atoms with E-state index in [9.17, 15) is 9.50 Å². The summed E-state index contributed by atoms with van der Waals surface area (Å²) in [6.45, 7) is 3.03. The molecule has 0 spiro atoms. The van der Waals surface area contributed by atoms with Gasteiger partial charge in [-0.1, -0.05) is 23.2 Å². The number of anilines is 1. The van der Waals surface area contributed by atoms with Crippen LogP contribution in [0.1, 0.15) is 31.1 Å². The maximum absolute atomic E-state index is 13.9. The van der Waals surface area contributed by atoms with Crippen molar-refractivity contribution in [1.29, 1.82) is 0 Å². The van der Waals surface area contributed by atoms with Crippen LogP contribution in [-0.2, 0) is 0 Å². The molecule has 7 nitrogen and oxygen atoms in total. The molecule has 1 fully saturated rings. The quantitative estimate of drug-likeness (QED) is 0.492. The van der Waals surface area contributed by atoms with Crippen LogP contribution in [0.4, 0.5) is 10.2 Å². The molecule has 0 radical (unpaired) electrons. The van der Waals surface area contributed by atoms with E-state index in [2.05, 4.69) is 15.4 Å². The van der Waals surface area contributed by atoms with E-state index in [1.807, 2.05) is 10.9 Å². The standard InChI is InChI=1S/C21H22Cl2FN5O2/c1-11(19-16(22)2-3-17(24)20(19)23)31-18-4-12(6-27-21(18)25)13-7-28-29(10-13)14-5-15(30)9-26-8-14/h2-4,6-7,10-11,14-15,26,30H,5,8-9H2,1H3,(H2,25,27)/t11-,14?,15?/m1/s1. The molecule has 3 aromatic rings. The number of aliphatic hydroxyl groups excluding tert-OH is 1. The minimum atomic E-state index is -0.660. The van der Waals surface area contributed by atoms with Gasteiger partial charge in [-0.2, -0.15) is 5.10 Å². The molecule has 0 bridgehead atoms. The number of β-amino-alcohol motifs (C(OH)–C–C–N with tert-alkyl or cyclic N) is 1. The third kappa shape index (κ3) is 4.62. The molecule has 1 aromatic carbocycles. The van der Waals surface area contributed by atoms with Gasteiger partial charge in [-0.3, -0.25) is 4.68 Å². The lowest BCUT2D eigenvalue weighted by molar-refractivity contribution is 0.113. The Kier molecular flexibility index (Phi) is 6.34. The van der Waals surface area contributed by atoms with Gasteiger partial charge >= 0.3 is 0 Å². The Morgan fingerprint density at radius 1 is 1.29 bits per heavy atom. The van der Waals surface area contributed by atoms with Crippen LogP contribution in [0, 0.1) is 5.82 Å². The van der Waals surface area contributed by atoms with Crippen molar-refractivity contribution >= 4 is 29.0 Å². The second-order valence-electron chi connectivity index (χ2n) is 7.53. The number of nitrogens with one attached hydrogen (secondary N) is 1. The van der Waals surface area contributed by atoms with Crippen LogP contribution in [-0.4, -0.2) is 39.1 Å². The lowest BCUT2D eigenvalue weighted by Crippen LogP contribution is -2.40. The van der Waals surface area contributed by atoms with Crippen LogP contribution in [0.2, 0.25) is 10.0 Å². The number of pyridine rings is 1. The summed E-state index contributed by atoms with van der Waals surface area (Å²) in [5.74, 6) is -0.0683. The molecular weight excluding hydrogens is 444 g/mol. The highest BCUT2D eigenvalue weighted by atomic mass is 35.5. The molecule has 164 valence electrons. The number of hydrogen-bond donors (Lipinski definition) is 3. The van der Waals surface area contributed by atoms with Crippen molar-refractivity contribution in [3.8, 4) is 16.9 Å². The molecule has 0 saturated carbocycles. The number of ether oxygens (including phenoxy) is 1. The molecule has 4 N–H and O–H groups in total. The van der Waals surface area contributed by atoms with Gasteiger partial charge in [0, 0.05) is 47.2 Å². The number of nitrogens with two attached hydrogens (primary N) is 1. The number of aliphatic hydroxyl groups is 1. The first-order chi connectivity index (χ1) is 14.8. The molecule has 2 aromatic heterocycles. The fourth-order valence-electron chi connectivity index (χ4n) is 3.66. The van der Waals surface area contributed by atoms with Gasteiger partial charge in [-0.25, -0.2) is 9.37 Å². The van der Waals surface area contributed by atoms with Crippen LogP contribution in [0.15, 0.2) is 36.8 Å². The van der Waals surface area contributed by atoms with E-state index in [4.69, 9.17) is 33.7 Å². The maximum atomic E-state index is 13.9. The fourth-order valence-corrected chi connectivity index (χ4v) is 4.34. The summed E-state index contributed by atoms with van der Waals surface area (Å²) in [7, 11) is 0. The van der Waals surface area contributed by atoms with Gasteiger partial charge in [0.15, 0.2) is 11.6 Å². The van der Waals surface area contributed by atoms with Gasteiger partial charge in [0.25, 0.3) is 0 Å². The van der Waals surface area contributed by atoms with Crippen molar-refractivity contribution in [2.75, 3.05) is 18.8 Å². The number of nitrogen functional groups attached to an aromatic ring is 1. The van der Waals surface area contributed by atoms with Crippen LogP contribution < -0.4 is 15.8 Å². The Bertz CT molecular complexity index is 1090. The first kappa shape index (κ1) is 21.8. The van der Waals surface area contributed by atoms with E-state index in [1.165, 1.54) is 12.1 Å². The van der Waals surface area contributed by atoms with Gasteiger partial charge in [0.05, 0.1) is 23.4 Å². The molecular formula is C21H22Cl2FN5O2. The van der Waals surface area contributed by atoms with Gasteiger partial charge < -0.3 is 20.9 Å². The Hall–Kier alpha value is -2.39. The summed E-state index contributed by atoms with van der Waals surface area (Å²) in [6.07, 6.45) is 4.83. The van der Waals surface area contributed by atoms with Crippen molar-refractivity contribution in [2.45, 2.75) is 31.6 Å². The predicted molar refractivity (Wildman–Crippen MR) is 118 cm³/mol. The lowest BCUT2D eigenvalue weighted by atomic mass is 10.1. The molecule has 4 rings (SSSR count). The van der Waals surface area contributed by atoms with Crippen molar-refractivity contribution in [2.24, 2.45) is 0 Å². The lowest BCUT2D eigenvalue weighted by Gasteiger charge is -2.27. The molecule has 1 saturated heterocycles. The van der Waals surface area contributed by atoms with Gasteiger partial charge in [-0.05, 0) is 31.5 Å². The Morgan fingerprint density at radius 3 is 2.87 bits per heavy atom. The van der Waals surface area contributed by atoms with Gasteiger partial charge in [0.2, 0.25) is 0 Å². The third-order valence-electron chi connectivity index (χ3n) is 5.28. The van der Waals surface area contributed by atoms with Crippen LogP contribution in [0.3, 0.4) is 0 Å². The van der Waals surface area contributed by atoms with Crippen LogP contribution in [0.5, 0.6) is 5.75 Å². The molecule has 2 unspecified atom stereocenters. The van der Waals surface area contributed by atoms with E-state index in [0.29, 0.717) is 29.3 Å². The van der Waals surface area contributed by atoms with Crippen molar-refractivity contribution in [3.05, 3.63) is 58.2 Å². The number of benzene rings is 1. The SMILES string of the molecule is C[C@@H](Oc1cc(-c2cnn(C3CNCC(O)C3)c2)cnc1N)c1c(Cl)ccc(F)c1Cl. The molecule has 0 aliphatic carbocycles. The Balaban J connectivity index is 1.58. The molecule has 3 heterocycles. The number of hydrogen-bond acceptors (Lipinski definition) is 6. The normalized spacial score (nSPS) is 19.9. The zero-order chi connectivity index (χ0) is 22.1. The molecule has 10 heteroatoms. The topological polar surface area (TPSA) is 98.2 Å². The molecule has 0 amide bonds. The highest BCUT2D eigenvalue weighted by Crippen LogP contribution is 2.37. The fraction of sp³-hybridized carbons (Fsp3) is 0.333. The predicted octanol–water partition coefficient (Wildman–Crippen LogP) is 4.01. The number of rotatable bonds is 5. The number of halogens is 3. The number of aromatic nitrogens is 3. The smallest absolute Gasteiger partial charge is 0.166 e. The first-order valence-electron chi connectivity index (χ1n) is 9.82. The average molecular weight is 466 g/mol. The number of nitrogens with zero attached hydrogens (tertiary/aromatic N) is 3. The first-order valence-corrected chi connectivity index (χ1v) is 10.6. The van der Waals surface area contributed by atoms with Crippen LogP contribution in [0.25, 0.3) is 11.1 Å². The summed E-state index contributed by atoms with van der Waals surface area (Å²) in [5, 5.41) is 17.7. The van der Waals surface area contributed by atoms with Gasteiger partial charge in [0.1, 0.15) is 11.9 Å². The summed E-state index contributed by atoms with van der Waals surface area (Å²) < 4.78 is 21.7. The van der Waals surface area contributed by atoms with Crippen molar-refractivity contribution < 1.29 is 14.2 Å². The third-order valence-corrected chi connectivity index (χ3v) is 6.00. The van der Waals surface area contributed by atoms with Gasteiger partial charge in [-0.15, -0.1) is 0 Å². The van der Waals surface area contributed by atoms with E-state index in [0.717, 1.165) is 17.7 Å². The highest BCUT2D eigenvalue weighted by molar-refractivity contribution is 6.36. The second kappa shape index (κ2) is 9.00. The summed E-state index contributed by atoms with van der Waals surface area (Å²) in [6, 6.07) is 4.44.